The summed E-state index contributed by atoms with van der Waals surface area (Å²) in [5, 5.41) is 7.51. The van der Waals surface area contributed by atoms with E-state index >= 15 is 0 Å². The van der Waals surface area contributed by atoms with Gasteiger partial charge in [-0.05, 0) is 0 Å². The Morgan fingerprint density at radius 2 is 1.88 bits per heavy atom. The predicted octanol–water partition coefficient (Wildman–Crippen LogP) is 1.66. The van der Waals surface area contributed by atoms with Crippen LogP contribution in [-0.4, -0.2) is 16.1 Å². The van der Waals surface area contributed by atoms with E-state index in [1.165, 1.54) is 0 Å². The third-order valence-electron chi connectivity index (χ3n) is 1.61. The van der Waals surface area contributed by atoms with Gasteiger partial charge in [-0.15, -0.1) is 12.4 Å². The van der Waals surface area contributed by atoms with Gasteiger partial charge in [0.2, 0.25) is 5.95 Å². The largest absolute Gasteiger partial charge is 0.480 e. The van der Waals surface area contributed by atoms with Crippen LogP contribution in [0.5, 0.6) is 0 Å². The Hall–Kier alpha value is -1.05. The molecule has 9 heteroatoms. The van der Waals surface area contributed by atoms with E-state index in [9.17, 15) is 18.0 Å². The molecule has 0 fully saturated rings. The number of nitrogens with two attached hydrogens (primary N) is 1. The van der Waals surface area contributed by atoms with Crippen LogP contribution >= 0.6 is 24.0 Å². The molecule has 1 unspecified atom stereocenters. The van der Waals surface area contributed by atoms with Crippen molar-refractivity contribution in [2.45, 2.75) is 6.04 Å². The van der Waals surface area contributed by atoms with Crippen molar-refractivity contribution in [3.63, 3.8) is 0 Å². The van der Waals surface area contributed by atoms with Gasteiger partial charge < -0.3 is 10.8 Å². The number of pyridine rings is 1. The number of carbonyl (C=O) groups is 1. The van der Waals surface area contributed by atoms with Crippen LogP contribution in [0.2, 0.25) is 5.02 Å². The molecule has 1 atom stereocenters. The van der Waals surface area contributed by atoms with Crippen LogP contribution in [0.3, 0.4) is 0 Å². The zero-order valence-electron chi connectivity index (χ0n) is 7.38. The maximum atomic E-state index is 13.0. The van der Waals surface area contributed by atoms with Gasteiger partial charge in [-0.2, -0.15) is 13.8 Å². The van der Waals surface area contributed by atoms with Crippen LogP contribution in [0.15, 0.2) is 0 Å². The molecule has 0 bridgehead atoms. The second-order valence-corrected chi connectivity index (χ2v) is 2.93. The Labute approximate surface area is 98.6 Å². The molecule has 1 rings (SSSR count). The number of rotatable bonds is 2. The number of hydrogen-bond donors (Lipinski definition) is 2. The summed E-state index contributed by atoms with van der Waals surface area (Å²) in [6.45, 7) is 0. The lowest BCUT2D eigenvalue weighted by atomic mass is 10.1. The first-order chi connectivity index (χ1) is 6.86. The zero-order chi connectivity index (χ0) is 11.7. The maximum Gasteiger partial charge on any atom is 0.325 e. The van der Waals surface area contributed by atoms with Gasteiger partial charge >= 0.3 is 5.97 Å². The SMILES string of the molecule is Cl.NC(C(=O)O)c1c(F)c(F)nc(F)c1Cl. The lowest BCUT2D eigenvalue weighted by molar-refractivity contribution is -0.138. The molecule has 90 valence electrons. The van der Waals surface area contributed by atoms with Crippen molar-refractivity contribution in [3.8, 4) is 0 Å². The van der Waals surface area contributed by atoms with Crippen molar-refractivity contribution in [2.24, 2.45) is 5.73 Å². The van der Waals surface area contributed by atoms with E-state index in [4.69, 9.17) is 22.4 Å². The van der Waals surface area contributed by atoms with E-state index < -0.39 is 40.3 Å². The molecule has 16 heavy (non-hydrogen) atoms. The Balaban J connectivity index is 0.00000225. The van der Waals surface area contributed by atoms with Crippen LogP contribution in [-0.2, 0) is 4.79 Å². The predicted molar refractivity (Wildman–Crippen MR) is 50.9 cm³/mol. The first-order valence-corrected chi connectivity index (χ1v) is 3.92. The molecule has 0 aromatic carbocycles. The van der Waals surface area contributed by atoms with Crippen molar-refractivity contribution < 1.29 is 23.1 Å². The van der Waals surface area contributed by atoms with E-state index in [2.05, 4.69) is 4.98 Å². The number of halogens is 5. The zero-order valence-corrected chi connectivity index (χ0v) is 8.95. The number of aromatic nitrogens is 1. The molecule has 0 aliphatic rings. The molecule has 0 saturated carbocycles. The monoisotopic (exact) mass is 276 g/mol. The second kappa shape index (κ2) is 5.33. The average Bonchev–Trinajstić information content (AvgIpc) is 2.15. The van der Waals surface area contributed by atoms with Gasteiger partial charge in [0.05, 0.1) is 0 Å². The summed E-state index contributed by atoms with van der Waals surface area (Å²) in [6.07, 6.45) is 0. The lowest BCUT2D eigenvalue weighted by Crippen LogP contribution is -2.23. The van der Waals surface area contributed by atoms with E-state index in [0.717, 1.165) is 0 Å². The quantitative estimate of drug-likeness (QED) is 0.806. The molecule has 1 aromatic heterocycles. The van der Waals surface area contributed by atoms with Crippen LogP contribution < -0.4 is 5.73 Å². The van der Waals surface area contributed by atoms with Crippen molar-refractivity contribution in [2.75, 3.05) is 0 Å². The molecule has 0 saturated heterocycles. The molecular weight excluding hydrogens is 272 g/mol. The van der Waals surface area contributed by atoms with Crippen LogP contribution in [0, 0.1) is 17.7 Å². The highest BCUT2D eigenvalue weighted by Gasteiger charge is 2.27. The summed E-state index contributed by atoms with van der Waals surface area (Å²) >= 11 is 5.22. The van der Waals surface area contributed by atoms with Gasteiger partial charge in [0.25, 0.3) is 5.95 Å². The molecule has 0 aliphatic carbocycles. The fourth-order valence-corrected chi connectivity index (χ4v) is 1.14. The van der Waals surface area contributed by atoms with E-state index in [-0.39, 0.29) is 12.4 Å². The number of aliphatic carboxylic acids is 1. The van der Waals surface area contributed by atoms with Crippen molar-refractivity contribution in [1.29, 1.82) is 0 Å². The van der Waals surface area contributed by atoms with Gasteiger partial charge in [0.1, 0.15) is 11.1 Å². The highest BCUT2D eigenvalue weighted by molar-refractivity contribution is 6.31. The number of nitrogens with zero attached hydrogens (tertiary/aromatic N) is 1. The molecule has 0 amide bonds. The van der Waals surface area contributed by atoms with E-state index in [0.29, 0.717) is 0 Å². The highest BCUT2D eigenvalue weighted by atomic mass is 35.5. The summed E-state index contributed by atoms with van der Waals surface area (Å²) < 4.78 is 38.4. The summed E-state index contributed by atoms with van der Waals surface area (Å²) in [5.41, 5.74) is 4.03. The summed E-state index contributed by atoms with van der Waals surface area (Å²) in [6, 6.07) is -1.95. The van der Waals surface area contributed by atoms with Crippen LogP contribution in [0.1, 0.15) is 11.6 Å². The van der Waals surface area contributed by atoms with E-state index in [1.54, 1.807) is 0 Å². The van der Waals surface area contributed by atoms with Crippen molar-refractivity contribution in [1.82, 2.24) is 4.98 Å². The normalized spacial score (nSPS) is 11.8. The Bertz CT molecular complexity index is 404. The minimum absolute atomic E-state index is 0. The highest BCUT2D eigenvalue weighted by Crippen LogP contribution is 2.27. The number of hydrogen-bond acceptors (Lipinski definition) is 3. The lowest BCUT2D eigenvalue weighted by Gasteiger charge is -2.10. The minimum atomic E-state index is -1.95. The minimum Gasteiger partial charge on any atom is -0.480 e. The van der Waals surface area contributed by atoms with Crippen LogP contribution in [0.4, 0.5) is 13.2 Å². The Morgan fingerprint density at radius 1 is 1.38 bits per heavy atom. The van der Waals surface area contributed by atoms with Crippen LogP contribution in [0.25, 0.3) is 0 Å². The summed E-state index contributed by atoms with van der Waals surface area (Å²) in [7, 11) is 0. The molecule has 1 heterocycles. The average molecular weight is 277 g/mol. The third-order valence-corrected chi connectivity index (χ3v) is 1.97. The second-order valence-electron chi connectivity index (χ2n) is 2.55. The molecule has 0 spiro atoms. The molecule has 4 nitrogen and oxygen atoms in total. The molecule has 0 radical (unpaired) electrons. The fourth-order valence-electron chi connectivity index (χ4n) is 0.899. The topological polar surface area (TPSA) is 76.2 Å². The molecule has 3 N–H and O–H groups in total. The standard InChI is InChI=1S/C7H4ClF3N2O2.ClH/c8-2-1(4(12)7(14)15)3(9)6(11)13-5(2)10;/h4H,12H2,(H,14,15);1H. The smallest absolute Gasteiger partial charge is 0.325 e. The Morgan fingerprint density at radius 3 is 2.31 bits per heavy atom. The number of carboxylic acids is 1. The first-order valence-electron chi connectivity index (χ1n) is 3.54. The van der Waals surface area contributed by atoms with Gasteiger partial charge in [-0.1, -0.05) is 11.6 Å². The summed E-state index contributed by atoms with van der Waals surface area (Å²) in [4.78, 5) is 12.9. The van der Waals surface area contributed by atoms with Crippen molar-refractivity contribution >= 4 is 30.0 Å². The van der Waals surface area contributed by atoms with Gasteiger partial charge in [-0.3, -0.25) is 4.79 Å². The first kappa shape index (κ1) is 14.9. The molecular formula is C7H5Cl2F3N2O2. The third kappa shape index (κ3) is 2.55. The summed E-state index contributed by atoms with van der Waals surface area (Å²) in [5.74, 6) is -6.64. The fraction of sp³-hybridized carbons (Fsp3) is 0.143. The van der Waals surface area contributed by atoms with Gasteiger partial charge in [0.15, 0.2) is 5.82 Å². The van der Waals surface area contributed by atoms with Gasteiger partial charge in [0, 0.05) is 5.56 Å². The van der Waals surface area contributed by atoms with Gasteiger partial charge in [-0.25, -0.2) is 4.39 Å². The van der Waals surface area contributed by atoms with E-state index in [1.807, 2.05) is 0 Å². The Kier molecular flexibility index (Phi) is 4.98. The molecule has 0 aliphatic heterocycles. The maximum absolute atomic E-state index is 13.0. The van der Waals surface area contributed by atoms with Crippen molar-refractivity contribution in [3.05, 3.63) is 28.3 Å². The molecule has 1 aromatic rings. The number of carboxylic acid groups (broad SMARTS) is 1.